The SMILES string of the molecule is COc1cc2c(cc1NC(=O)c1cn(C)cn1)C[C@H]1C3CCCC[C@]23CCN1C. The normalized spacial score (nSPS) is 28.4. The van der Waals surface area contributed by atoms with Crippen LogP contribution in [-0.4, -0.2) is 47.1 Å². The minimum atomic E-state index is -0.203. The summed E-state index contributed by atoms with van der Waals surface area (Å²) >= 11 is 0. The second-order valence-electron chi connectivity index (χ2n) is 9.10. The van der Waals surface area contributed by atoms with Gasteiger partial charge < -0.3 is 19.5 Å². The van der Waals surface area contributed by atoms with Gasteiger partial charge in [-0.05, 0) is 68.5 Å². The van der Waals surface area contributed by atoms with Crippen molar-refractivity contribution in [3.63, 3.8) is 0 Å². The number of hydrogen-bond donors (Lipinski definition) is 1. The number of aryl methyl sites for hydroxylation is 1. The molecule has 2 fully saturated rings. The lowest BCUT2D eigenvalue weighted by Crippen LogP contribution is -2.59. The molecule has 1 aliphatic heterocycles. The lowest BCUT2D eigenvalue weighted by molar-refractivity contribution is 0.00277. The van der Waals surface area contributed by atoms with Gasteiger partial charge in [-0.3, -0.25) is 4.79 Å². The predicted octanol–water partition coefficient (Wildman–Crippen LogP) is 3.37. The van der Waals surface area contributed by atoms with E-state index in [1.807, 2.05) is 7.05 Å². The zero-order chi connectivity index (χ0) is 20.2. The highest BCUT2D eigenvalue weighted by Crippen LogP contribution is 2.56. The van der Waals surface area contributed by atoms with Crippen LogP contribution in [0.4, 0.5) is 5.69 Å². The second-order valence-corrected chi connectivity index (χ2v) is 9.10. The molecular weight excluding hydrogens is 364 g/mol. The van der Waals surface area contributed by atoms with Crippen LogP contribution in [0.25, 0.3) is 0 Å². The number of likely N-dealkylation sites (tertiary alicyclic amines) is 1. The maximum Gasteiger partial charge on any atom is 0.275 e. The predicted molar refractivity (Wildman–Crippen MR) is 113 cm³/mol. The lowest BCUT2D eigenvalue weighted by atomic mass is 9.52. The molecule has 1 aromatic heterocycles. The highest BCUT2D eigenvalue weighted by molar-refractivity contribution is 6.03. The zero-order valence-electron chi connectivity index (χ0n) is 17.6. The molecule has 2 bridgehead atoms. The van der Waals surface area contributed by atoms with Crippen molar-refractivity contribution in [1.82, 2.24) is 14.5 Å². The first-order valence-electron chi connectivity index (χ1n) is 10.7. The molecule has 1 aromatic carbocycles. The summed E-state index contributed by atoms with van der Waals surface area (Å²) in [7, 11) is 5.83. The van der Waals surface area contributed by atoms with E-state index >= 15 is 0 Å². The van der Waals surface area contributed by atoms with Crippen molar-refractivity contribution in [3.05, 3.63) is 41.5 Å². The van der Waals surface area contributed by atoms with E-state index in [0.29, 0.717) is 11.7 Å². The number of amides is 1. The van der Waals surface area contributed by atoms with Crippen LogP contribution in [0.3, 0.4) is 0 Å². The van der Waals surface area contributed by atoms with Gasteiger partial charge in [0.15, 0.2) is 0 Å². The summed E-state index contributed by atoms with van der Waals surface area (Å²) in [5.74, 6) is 1.29. The van der Waals surface area contributed by atoms with Gasteiger partial charge in [0.2, 0.25) is 0 Å². The number of piperidine rings is 1. The number of anilines is 1. The molecule has 154 valence electrons. The number of methoxy groups -OCH3 is 1. The van der Waals surface area contributed by atoms with E-state index in [2.05, 4.69) is 34.4 Å². The Labute approximate surface area is 172 Å². The molecule has 1 unspecified atom stereocenters. The van der Waals surface area contributed by atoms with Crippen LogP contribution in [0.2, 0.25) is 0 Å². The summed E-state index contributed by atoms with van der Waals surface area (Å²) in [4.78, 5) is 19.4. The largest absolute Gasteiger partial charge is 0.495 e. The average molecular weight is 395 g/mol. The number of carbonyl (C=O) groups is 1. The highest BCUT2D eigenvalue weighted by Gasteiger charge is 2.53. The van der Waals surface area contributed by atoms with Crippen LogP contribution in [0.15, 0.2) is 24.7 Å². The maximum absolute atomic E-state index is 12.7. The Kier molecular flexibility index (Phi) is 4.42. The third-order valence-corrected chi connectivity index (χ3v) is 7.62. The van der Waals surface area contributed by atoms with Crippen LogP contribution in [0, 0.1) is 5.92 Å². The van der Waals surface area contributed by atoms with E-state index in [4.69, 9.17) is 4.74 Å². The van der Waals surface area contributed by atoms with Crippen LogP contribution in [0.5, 0.6) is 5.75 Å². The van der Waals surface area contributed by atoms with Gasteiger partial charge in [-0.2, -0.15) is 0 Å². The summed E-state index contributed by atoms with van der Waals surface area (Å²) in [6.07, 6.45) is 10.9. The molecule has 1 N–H and O–H groups in total. The Balaban J connectivity index is 1.55. The molecule has 2 heterocycles. The number of imidazole rings is 1. The van der Waals surface area contributed by atoms with Crippen molar-refractivity contribution < 1.29 is 9.53 Å². The average Bonchev–Trinajstić information content (AvgIpc) is 3.17. The molecule has 2 aliphatic carbocycles. The summed E-state index contributed by atoms with van der Waals surface area (Å²) in [5.41, 5.74) is 4.28. The molecule has 3 aliphatic rings. The standard InChI is InChI=1S/C23H30N4O2/c1-26-13-19(24-14-26)22(28)25-18-10-15-11-20-16-6-4-5-7-23(16,8-9-27(20)2)17(15)12-21(18)29-3/h10,12-14,16,20H,4-9,11H2,1-3H3,(H,25,28)/t16?,20-,23+/m0/s1. The van der Waals surface area contributed by atoms with Gasteiger partial charge in [-0.25, -0.2) is 4.98 Å². The monoisotopic (exact) mass is 394 g/mol. The molecular formula is C23H30N4O2. The summed E-state index contributed by atoms with van der Waals surface area (Å²) < 4.78 is 7.51. The van der Waals surface area contributed by atoms with E-state index in [9.17, 15) is 4.79 Å². The van der Waals surface area contributed by atoms with E-state index in [1.54, 1.807) is 24.2 Å². The number of fused-ring (bicyclic) bond motifs is 1. The molecule has 1 amide bonds. The van der Waals surface area contributed by atoms with Gasteiger partial charge in [0.05, 0.1) is 19.1 Å². The summed E-state index contributed by atoms with van der Waals surface area (Å²) in [5, 5.41) is 3.03. The number of hydrogen-bond acceptors (Lipinski definition) is 4. The smallest absolute Gasteiger partial charge is 0.275 e. The van der Waals surface area contributed by atoms with Crippen LogP contribution in [-0.2, 0) is 18.9 Å². The van der Waals surface area contributed by atoms with E-state index in [0.717, 1.165) is 23.8 Å². The molecule has 5 rings (SSSR count). The summed E-state index contributed by atoms with van der Waals surface area (Å²) in [6.45, 7) is 1.17. The van der Waals surface area contributed by atoms with E-state index in [-0.39, 0.29) is 11.3 Å². The molecule has 1 saturated heterocycles. The first-order valence-corrected chi connectivity index (χ1v) is 10.7. The van der Waals surface area contributed by atoms with Gasteiger partial charge in [-0.1, -0.05) is 12.8 Å². The second kappa shape index (κ2) is 6.87. The third kappa shape index (κ3) is 2.88. The van der Waals surface area contributed by atoms with Crippen molar-refractivity contribution in [1.29, 1.82) is 0 Å². The number of ether oxygens (including phenoxy) is 1. The number of benzene rings is 1. The zero-order valence-corrected chi connectivity index (χ0v) is 17.6. The van der Waals surface area contributed by atoms with Crippen molar-refractivity contribution in [3.8, 4) is 5.75 Å². The number of rotatable bonds is 3. The van der Waals surface area contributed by atoms with E-state index < -0.39 is 0 Å². The first kappa shape index (κ1) is 18.7. The number of carbonyl (C=O) groups excluding carboxylic acids is 1. The number of nitrogens with one attached hydrogen (secondary N) is 1. The number of nitrogens with zero attached hydrogens (tertiary/aromatic N) is 3. The van der Waals surface area contributed by atoms with Gasteiger partial charge in [-0.15, -0.1) is 0 Å². The van der Waals surface area contributed by atoms with Crippen molar-refractivity contribution in [2.45, 2.75) is 50.0 Å². The molecule has 1 saturated carbocycles. The van der Waals surface area contributed by atoms with Gasteiger partial charge in [0, 0.05) is 24.7 Å². The fourth-order valence-electron chi connectivity index (χ4n) is 6.22. The molecule has 29 heavy (non-hydrogen) atoms. The topological polar surface area (TPSA) is 59.4 Å². The van der Waals surface area contributed by atoms with Gasteiger partial charge in [0.1, 0.15) is 11.4 Å². The number of aromatic nitrogens is 2. The minimum absolute atomic E-state index is 0.203. The molecule has 6 heteroatoms. The third-order valence-electron chi connectivity index (χ3n) is 7.62. The van der Waals surface area contributed by atoms with Crippen LogP contribution >= 0.6 is 0 Å². The Morgan fingerprint density at radius 2 is 2.14 bits per heavy atom. The first-order chi connectivity index (χ1) is 14.0. The Morgan fingerprint density at radius 1 is 1.28 bits per heavy atom. The molecule has 0 spiro atoms. The number of likely N-dealkylation sites (N-methyl/N-ethyl adjacent to an activating group) is 1. The Hall–Kier alpha value is -2.34. The molecule has 2 aromatic rings. The fraction of sp³-hybridized carbons (Fsp3) is 0.565. The molecule has 3 atom stereocenters. The van der Waals surface area contributed by atoms with Crippen molar-refractivity contribution in [2.24, 2.45) is 13.0 Å². The fourth-order valence-corrected chi connectivity index (χ4v) is 6.22. The Bertz CT molecular complexity index is 952. The van der Waals surface area contributed by atoms with Crippen LogP contribution in [0.1, 0.15) is 53.7 Å². The molecule has 6 nitrogen and oxygen atoms in total. The summed E-state index contributed by atoms with van der Waals surface area (Å²) in [6, 6.07) is 4.99. The van der Waals surface area contributed by atoms with Crippen LogP contribution < -0.4 is 10.1 Å². The minimum Gasteiger partial charge on any atom is -0.495 e. The van der Waals surface area contributed by atoms with Gasteiger partial charge in [0.25, 0.3) is 5.91 Å². The van der Waals surface area contributed by atoms with Gasteiger partial charge >= 0.3 is 0 Å². The Morgan fingerprint density at radius 3 is 2.90 bits per heavy atom. The van der Waals surface area contributed by atoms with E-state index in [1.165, 1.54) is 49.8 Å². The highest BCUT2D eigenvalue weighted by atomic mass is 16.5. The van der Waals surface area contributed by atoms with Crippen molar-refractivity contribution in [2.75, 3.05) is 26.0 Å². The lowest BCUT2D eigenvalue weighted by Gasteiger charge is -2.58. The molecule has 0 radical (unpaired) electrons. The maximum atomic E-state index is 12.7. The quantitative estimate of drug-likeness (QED) is 0.867. The van der Waals surface area contributed by atoms with Crippen molar-refractivity contribution >= 4 is 11.6 Å².